The van der Waals surface area contributed by atoms with Crippen LogP contribution in [0.15, 0.2) is 24.3 Å². The van der Waals surface area contributed by atoms with E-state index in [9.17, 15) is 33.1 Å². The fourth-order valence-electron chi connectivity index (χ4n) is 8.82. The van der Waals surface area contributed by atoms with Gasteiger partial charge in [0.05, 0.1) is 19.8 Å². The quantitative estimate of drug-likeness (QED) is 0.0196. The molecule has 0 spiro atoms. The number of carbonyl (C=O) groups excluding carboxylic acids is 1. The minimum atomic E-state index is -5.06. The van der Waals surface area contributed by atoms with E-state index >= 15 is 0 Å². The van der Waals surface area contributed by atoms with Crippen molar-refractivity contribution < 1.29 is 56.2 Å². The number of allylic oxidation sites excluding steroid dienone is 4. The van der Waals surface area contributed by atoms with Crippen LogP contribution in [-0.2, 0) is 38.3 Å². The van der Waals surface area contributed by atoms with E-state index < -0.39 is 59.8 Å². The molecule has 0 amide bonds. The summed E-state index contributed by atoms with van der Waals surface area (Å²) >= 11 is 0. The smallest absolute Gasteiger partial charge is 0.397 e. The number of rotatable bonds is 50. The second-order valence-electron chi connectivity index (χ2n) is 19.5. The summed E-state index contributed by atoms with van der Waals surface area (Å²) in [6, 6.07) is 0. The highest BCUT2D eigenvalue weighted by Crippen LogP contribution is 2.26. The maximum absolute atomic E-state index is 12.9. The Balaban J connectivity index is 2.29. The third kappa shape index (κ3) is 39.2. The van der Waals surface area contributed by atoms with Gasteiger partial charge in [-0.25, -0.2) is 4.18 Å². The first-order chi connectivity index (χ1) is 33.1. The molecule has 1 fully saturated rings. The maximum Gasteiger partial charge on any atom is 0.397 e. The molecule has 12 nitrogen and oxygen atoms in total. The van der Waals surface area contributed by atoms with Crippen molar-refractivity contribution in [3.05, 3.63) is 24.3 Å². The molecule has 0 aliphatic carbocycles. The molecule has 402 valence electrons. The van der Waals surface area contributed by atoms with Crippen LogP contribution in [0.5, 0.6) is 0 Å². The Bertz CT molecular complexity index is 1280. The fraction of sp³-hybridized carbons (Fsp3) is 0.909. The van der Waals surface area contributed by atoms with Gasteiger partial charge in [-0.2, -0.15) is 8.42 Å². The summed E-state index contributed by atoms with van der Waals surface area (Å²) in [7, 11) is -5.06. The summed E-state index contributed by atoms with van der Waals surface area (Å²) in [6.45, 7) is 4.03. The first-order valence-electron chi connectivity index (χ1n) is 28.1. The molecule has 0 aromatic carbocycles. The molecule has 1 saturated heterocycles. The molecule has 0 saturated carbocycles. The van der Waals surface area contributed by atoms with Gasteiger partial charge in [0.2, 0.25) is 0 Å². The second kappa shape index (κ2) is 46.6. The summed E-state index contributed by atoms with van der Waals surface area (Å²) in [4.78, 5) is 12.9. The number of aliphatic hydroxyl groups excluding tert-OH is 3. The molecule has 4 N–H and O–H groups in total. The van der Waals surface area contributed by atoms with Crippen LogP contribution >= 0.6 is 0 Å². The van der Waals surface area contributed by atoms with E-state index in [4.69, 9.17) is 18.9 Å². The average Bonchev–Trinajstić information content (AvgIpc) is 3.31. The Morgan fingerprint density at radius 1 is 0.559 bits per heavy atom. The largest absolute Gasteiger partial charge is 0.457 e. The summed E-state index contributed by atoms with van der Waals surface area (Å²) in [5.41, 5.74) is 0. The Kier molecular flexibility index (Phi) is 44.3. The number of esters is 1. The van der Waals surface area contributed by atoms with Crippen LogP contribution in [0, 0.1) is 0 Å². The summed E-state index contributed by atoms with van der Waals surface area (Å²) in [5, 5.41) is 30.8. The highest BCUT2D eigenvalue weighted by Gasteiger charge is 2.48. The number of unbranched alkanes of at least 4 members (excludes halogenated alkanes) is 33. The second-order valence-corrected chi connectivity index (χ2v) is 20.6. The summed E-state index contributed by atoms with van der Waals surface area (Å²) < 4.78 is 59.4. The van der Waals surface area contributed by atoms with Crippen molar-refractivity contribution in [2.24, 2.45) is 0 Å². The normalized spacial score (nSPS) is 19.4. The summed E-state index contributed by atoms with van der Waals surface area (Å²) in [6.07, 6.45) is 46.4. The van der Waals surface area contributed by atoms with Crippen LogP contribution in [0.2, 0.25) is 0 Å². The van der Waals surface area contributed by atoms with Crippen molar-refractivity contribution in [2.45, 2.75) is 295 Å². The van der Waals surface area contributed by atoms with Gasteiger partial charge in [-0.1, -0.05) is 231 Å². The lowest BCUT2D eigenvalue weighted by Gasteiger charge is -2.41. The lowest BCUT2D eigenvalue weighted by atomic mass is 9.99. The Morgan fingerprint density at radius 2 is 0.971 bits per heavy atom. The monoisotopic (exact) mass is 989 g/mol. The highest BCUT2D eigenvalue weighted by atomic mass is 32.3. The first-order valence-corrected chi connectivity index (χ1v) is 29.5. The number of aliphatic hydroxyl groups is 3. The van der Waals surface area contributed by atoms with Crippen molar-refractivity contribution >= 4 is 16.4 Å². The van der Waals surface area contributed by atoms with E-state index in [1.54, 1.807) is 0 Å². The number of carbonyl (C=O) groups is 1. The average molecular weight is 989 g/mol. The molecular formula is C55H104O12S. The van der Waals surface area contributed by atoms with Gasteiger partial charge in [0.1, 0.15) is 30.5 Å². The number of ether oxygens (including phenoxy) is 4. The van der Waals surface area contributed by atoms with E-state index in [0.717, 1.165) is 44.9 Å². The van der Waals surface area contributed by atoms with Gasteiger partial charge in [0.15, 0.2) is 6.29 Å². The topological polar surface area (TPSA) is 178 Å². The lowest BCUT2D eigenvalue weighted by Crippen LogP contribution is -2.60. The van der Waals surface area contributed by atoms with E-state index in [-0.39, 0.29) is 19.6 Å². The Hall–Kier alpha value is -1.42. The minimum Gasteiger partial charge on any atom is -0.457 e. The van der Waals surface area contributed by atoms with Gasteiger partial charge >= 0.3 is 16.4 Å². The SMILES string of the molecule is CCCCCCC/C=C\C/C=C\CCCCCCCCCCCCCCOCC(COC1OC(CO)C(O)C(OS(=O)(=O)O)C1O)OC(=O)CCCCCCCCCCCCCCCCCCC. The van der Waals surface area contributed by atoms with Crippen LogP contribution in [0.25, 0.3) is 0 Å². The third-order valence-corrected chi connectivity index (χ3v) is 13.5. The van der Waals surface area contributed by atoms with Crippen molar-refractivity contribution in [1.82, 2.24) is 0 Å². The predicted molar refractivity (Wildman–Crippen MR) is 276 cm³/mol. The highest BCUT2D eigenvalue weighted by molar-refractivity contribution is 7.80. The molecule has 0 aromatic heterocycles. The van der Waals surface area contributed by atoms with Crippen LogP contribution in [-0.4, -0.2) is 97.5 Å². The van der Waals surface area contributed by atoms with Crippen LogP contribution in [0.3, 0.4) is 0 Å². The zero-order valence-corrected chi connectivity index (χ0v) is 44.3. The molecule has 0 radical (unpaired) electrons. The standard InChI is InChI=1S/C55H104O12S/c1-3-5-7-9-11-13-15-17-19-21-22-23-24-25-26-27-29-31-33-35-37-39-41-43-45-63-47-49(48-64-55-53(59)54(67-68(60,61)62)52(58)50(46-56)66-55)65-51(57)44-42-40-38-36-34-32-30-28-20-18-16-14-12-10-8-6-4-2/h15,17,21-22,49-50,52-56,58-59H,3-14,16,18-20,23-48H2,1-2H3,(H,60,61,62)/b17-15-,22-21-. The van der Waals surface area contributed by atoms with Crippen molar-refractivity contribution in [2.75, 3.05) is 26.4 Å². The van der Waals surface area contributed by atoms with E-state index in [1.165, 1.54) is 186 Å². The number of hydrogen-bond acceptors (Lipinski definition) is 11. The van der Waals surface area contributed by atoms with E-state index in [1.807, 2.05) is 0 Å². The molecule has 6 atom stereocenters. The fourth-order valence-corrected chi connectivity index (χ4v) is 9.33. The van der Waals surface area contributed by atoms with Gasteiger partial charge in [0, 0.05) is 13.0 Å². The summed E-state index contributed by atoms with van der Waals surface area (Å²) in [5.74, 6) is -0.394. The molecule has 1 aliphatic heterocycles. The molecule has 1 aliphatic rings. The Morgan fingerprint density at radius 3 is 1.40 bits per heavy atom. The van der Waals surface area contributed by atoms with E-state index in [2.05, 4.69) is 42.3 Å². The van der Waals surface area contributed by atoms with Gasteiger partial charge in [-0.05, 0) is 44.9 Å². The zero-order chi connectivity index (χ0) is 49.6. The van der Waals surface area contributed by atoms with Crippen LogP contribution < -0.4 is 0 Å². The molecule has 1 heterocycles. The third-order valence-electron chi connectivity index (χ3n) is 13.1. The molecule has 0 bridgehead atoms. The van der Waals surface area contributed by atoms with Gasteiger partial charge in [-0.3, -0.25) is 9.35 Å². The molecular weight excluding hydrogens is 885 g/mol. The molecule has 0 aromatic rings. The lowest BCUT2D eigenvalue weighted by molar-refractivity contribution is -0.301. The minimum absolute atomic E-state index is 0.0399. The molecule has 13 heteroatoms. The molecule has 68 heavy (non-hydrogen) atoms. The molecule has 1 rings (SSSR count). The van der Waals surface area contributed by atoms with Gasteiger partial charge < -0.3 is 34.3 Å². The first kappa shape index (κ1) is 64.6. The van der Waals surface area contributed by atoms with Crippen molar-refractivity contribution in [3.63, 3.8) is 0 Å². The molecule has 6 unspecified atom stereocenters. The van der Waals surface area contributed by atoms with Crippen LogP contribution in [0.1, 0.15) is 258 Å². The van der Waals surface area contributed by atoms with Crippen molar-refractivity contribution in [1.29, 1.82) is 0 Å². The van der Waals surface area contributed by atoms with Gasteiger partial charge in [0.25, 0.3) is 0 Å². The number of hydrogen-bond donors (Lipinski definition) is 4. The maximum atomic E-state index is 12.9. The zero-order valence-electron chi connectivity index (χ0n) is 43.4. The van der Waals surface area contributed by atoms with Gasteiger partial charge in [-0.15, -0.1) is 0 Å². The Labute approximate surface area is 416 Å². The van der Waals surface area contributed by atoms with Crippen molar-refractivity contribution in [3.8, 4) is 0 Å². The van der Waals surface area contributed by atoms with Crippen LogP contribution in [0.4, 0.5) is 0 Å². The predicted octanol–water partition coefficient (Wildman–Crippen LogP) is 13.5. The van der Waals surface area contributed by atoms with E-state index in [0.29, 0.717) is 13.0 Å².